The molecule has 2 aromatic carbocycles. The molecule has 37 heavy (non-hydrogen) atoms. The average molecular weight is 535 g/mol. The van der Waals surface area contributed by atoms with Gasteiger partial charge in [-0.1, -0.05) is 50.1 Å². The summed E-state index contributed by atoms with van der Waals surface area (Å²) in [6, 6.07) is 8.26. The molecule has 1 unspecified atom stereocenters. The molecular formula is C28H30F8O. The van der Waals surface area contributed by atoms with E-state index in [0.29, 0.717) is 0 Å². The molecule has 0 N–H and O–H groups in total. The van der Waals surface area contributed by atoms with Crippen LogP contribution in [0.25, 0.3) is 6.08 Å². The van der Waals surface area contributed by atoms with Crippen molar-refractivity contribution in [3.8, 4) is 5.75 Å². The maximum Gasteiger partial charge on any atom is 0.439 e. The second kappa shape index (κ2) is 12.3. The maximum absolute atomic E-state index is 14.7. The summed E-state index contributed by atoms with van der Waals surface area (Å²) in [7, 11) is 0. The first-order chi connectivity index (χ1) is 17.4. The zero-order valence-electron chi connectivity index (χ0n) is 20.4. The zero-order chi connectivity index (χ0) is 27.2. The summed E-state index contributed by atoms with van der Waals surface area (Å²) in [4.78, 5) is 0. The highest BCUT2D eigenvalue weighted by Gasteiger charge is 2.59. The Balaban J connectivity index is 1.55. The first-order valence-corrected chi connectivity index (χ1v) is 12.4. The number of hydrogen-bond acceptors (Lipinski definition) is 1. The summed E-state index contributed by atoms with van der Waals surface area (Å²) < 4.78 is 109. The van der Waals surface area contributed by atoms with E-state index in [-0.39, 0.29) is 23.2 Å². The van der Waals surface area contributed by atoms with Gasteiger partial charge in [-0.15, -0.1) is 0 Å². The van der Waals surface area contributed by atoms with Crippen molar-refractivity contribution >= 4 is 6.08 Å². The van der Waals surface area contributed by atoms with Crippen LogP contribution in [0, 0.1) is 17.6 Å². The monoisotopic (exact) mass is 534 g/mol. The molecule has 2 aromatic rings. The SMILES string of the molecule is CCCCCc1ccc(C2CCC(/C=C/c3ccc(OC(F)(F)C(F)C(F)(F)F)c(F)c3)CC2)c(F)c1. The Morgan fingerprint density at radius 3 is 2.22 bits per heavy atom. The van der Waals surface area contributed by atoms with E-state index >= 15 is 0 Å². The Morgan fingerprint density at radius 1 is 0.919 bits per heavy atom. The molecule has 0 aliphatic heterocycles. The highest BCUT2D eigenvalue weighted by Crippen LogP contribution is 2.39. The van der Waals surface area contributed by atoms with Gasteiger partial charge in [-0.2, -0.15) is 22.0 Å². The van der Waals surface area contributed by atoms with Crippen molar-refractivity contribution < 1.29 is 39.9 Å². The maximum atomic E-state index is 14.7. The van der Waals surface area contributed by atoms with Crippen molar-refractivity contribution in [1.29, 1.82) is 0 Å². The van der Waals surface area contributed by atoms with Crippen LogP contribution in [0.15, 0.2) is 42.5 Å². The highest BCUT2D eigenvalue weighted by molar-refractivity contribution is 5.51. The van der Waals surface area contributed by atoms with Crippen LogP contribution in [-0.2, 0) is 6.42 Å². The Kier molecular flexibility index (Phi) is 9.64. The van der Waals surface area contributed by atoms with Crippen LogP contribution in [-0.4, -0.2) is 18.5 Å². The number of allylic oxidation sites excluding steroid dienone is 1. The molecule has 204 valence electrons. The lowest BCUT2D eigenvalue weighted by Gasteiger charge is -2.27. The molecule has 0 heterocycles. The van der Waals surface area contributed by atoms with Crippen molar-refractivity contribution in [2.24, 2.45) is 5.92 Å². The van der Waals surface area contributed by atoms with Gasteiger partial charge in [0.15, 0.2) is 11.6 Å². The number of ether oxygens (including phenoxy) is 1. The molecule has 0 spiro atoms. The first-order valence-electron chi connectivity index (χ1n) is 12.4. The van der Waals surface area contributed by atoms with E-state index in [1.807, 2.05) is 18.2 Å². The van der Waals surface area contributed by atoms with Crippen molar-refractivity contribution in [1.82, 2.24) is 0 Å². The van der Waals surface area contributed by atoms with Gasteiger partial charge in [0.05, 0.1) is 0 Å². The van der Waals surface area contributed by atoms with Crippen LogP contribution in [0.4, 0.5) is 35.1 Å². The largest absolute Gasteiger partial charge is 0.439 e. The molecule has 0 aromatic heterocycles. The van der Waals surface area contributed by atoms with Crippen LogP contribution in [0.5, 0.6) is 5.75 Å². The fourth-order valence-corrected chi connectivity index (χ4v) is 4.60. The molecule has 3 rings (SSSR count). The number of rotatable bonds is 10. The third-order valence-corrected chi connectivity index (χ3v) is 6.69. The molecule has 1 atom stereocenters. The number of hydrogen-bond donors (Lipinski definition) is 0. The van der Waals surface area contributed by atoms with Gasteiger partial charge in [-0.05, 0) is 85.3 Å². The second-order valence-electron chi connectivity index (χ2n) is 9.54. The van der Waals surface area contributed by atoms with Gasteiger partial charge in [-0.25, -0.2) is 13.2 Å². The topological polar surface area (TPSA) is 9.23 Å². The number of unbranched alkanes of at least 4 members (excludes halogenated alkanes) is 2. The van der Waals surface area contributed by atoms with Gasteiger partial charge in [-0.3, -0.25) is 0 Å². The van der Waals surface area contributed by atoms with E-state index < -0.39 is 30.0 Å². The molecule has 9 heteroatoms. The minimum atomic E-state index is -5.86. The van der Waals surface area contributed by atoms with Crippen LogP contribution < -0.4 is 4.74 Å². The van der Waals surface area contributed by atoms with Gasteiger partial charge in [0.1, 0.15) is 5.82 Å². The van der Waals surface area contributed by atoms with Crippen molar-refractivity contribution in [3.63, 3.8) is 0 Å². The van der Waals surface area contributed by atoms with Crippen LogP contribution in [0.3, 0.4) is 0 Å². The number of halogens is 8. The van der Waals surface area contributed by atoms with Gasteiger partial charge >= 0.3 is 12.3 Å². The Labute approximate surface area is 211 Å². The fraction of sp³-hybridized carbons (Fsp3) is 0.500. The van der Waals surface area contributed by atoms with Gasteiger partial charge in [0.2, 0.25) is 0 Å². The lowest BCUT2D eigenvalue weighted by atomic mass is 9.78. The molecule has 1 aliphatic rings. The summed E-state index contributed by atoms with van der Waals surface area (Å²) >= 11 is 0. The third-order valence-electron chi connectivity index (χ3n) is 6.69. The van der Waals surface area contributed by atoms with Crippen LogP contribution >= 0.6 is 0 Å². The average Bonchev–Trinajstić information content (AvgIpc) is 2.84. The minimum Gasteiger partial charge on any atom is -0.427 e. The molecule has 0 amide bonds. The number of benzene rings is 2. The predicted octanol–water partition coefficient (Wildman–Crippen LogP) is 9.56. The molecule has 1 aliphatic carbocycles. The number of alkyl halides is 6. The molecule has 1 fully saturated rings. The Hall–Kier alpha value is -2.58. The third kappa shape index (κ3) is 7.95. The van der Waals surface area contributed by atoms with E-state index in [9.17, 15) is 35.1 Å². The van der Waals surface area contributed by atoms with E-state index in [1.165, 1.54) is 6.07 Å². The molecule has 1 saturated carbocycles. The van der Waals surface area contributed by atoms with Crippen LogP contribution in [0.2, 0.25) is 0 Å². The molecule has 0 saturated heterocycles. The quantitative estimate of drug-likeness (QED) is 0.218. The van der Waals surface area contributed by atoms with Crippen molar-refractivity contribution in [2.45, 2.75) is 82.7 Å². The molecular weight excluding hydrogens is 504 g/mol. The van der Waals surface area contributed by atoms with E-state index in [2.05, 4.69) is 11.7 Å². The second-order valence-corrected chi connectivity index (χ2v) is 9.54. The minimum absolute atomic E-state index is 0.112. The predicted molar refractivity (Wildman–Crippen MR) is 126 cm³/mol. The summed E-state index contributed by atoms with van der Waals surface area (Å²) in [6.07, 6.45) is -5.06. The Morgan fingerprint density at radius 2 is 1.62 bits per heavy atom. The summed E-state index contributed by atoms with van der Waals surface area (Å²) in [6.45, 7) is 2.12. The Bertz CT molecular complexity index is 1050. The van der Waals surface area contributed by atoms with Gasteiger partial charge in [0.25, 0.3) is 6.17 Å². The lowest BCUT2D eigenvalue weighted by Crippen LogP contribution is -2.45. The van der Waals surface area contributed by atoms with Crippen LogP contribution in [0.1, 0.15) is 74.5 Å². The molecule has 0 radical (unpaired) electrons. The van der Waals surface area contributed by atoms with E-state index in [0.717, 1.165) is 74.6 Å². The van der Waals surface area contributed by atoms with Gasteiger partial charge in [0, 0.05) is 0 Å². The molecule has 1 nitrogen and oxygen atoms in total. The van der Waals surface area contributed by atoms with Crippen molar-refractivity contribution in [3.05, 3.63) is 70.8 Å². The van der Waals surface area contributed by atoms with E-state index in [1.54, 1.807) is 12.1 Å². The number of aryl methyl sites for hydroxylation is 1. The summed E-state index contributed by atoms with van der Waals surface area (Å²) in [5.41, 5.74) is 2.01. The van der Waals surface area contributed by atoms with Crippen molar-refractivity contribution in [2.75, 3.05) is 0 Å². The normalized spacial score (nSPS) is 19.8. The zero-order valence-corrected chi connectivity index (χ0v) is 20.4. The smallest absolute Gasteiger partial charge is 0.427 e. The van der Waals surface area contributed by atoms with Gasteiger partial charge < -0.3 is 4.74 Å². The first kappa shape index (κ1) is 29.0. The standard InChI is InChI=1S/C28H30F8O/c1-2-3-4-5-19-10-14-22(23(29)16-19)21-12-8-18(9-13-21)6-7-20-11-15-25(24(30)17-20)37-28(35,36)26(31)27(32,33)34/h6-7,10-11,14-18,21,26H,2-5,8-9,12-13H2,1H3/b7-6+. The van der Waals surface area contributed by atoms with E-state index in [4.69, 9.17) is 0 Å². The lowest BCUT2D eigenvalue weighted by molar-refractivity contribution is -0.305. The summed E-state index contributed by atoms with van der Waals surface area (Å²) in [5, 5.41) is 0. The highest BCUT2D eigenvalue weighted by atomic mass is 19.4. The fourth-order valence-electron chi connectivity index (χ4n) is 4.60. The summed E-state index contributed by atoms with van der Waals surface area (Å²) in [5.74, 6) is -2.44. The molecule has 0 bridgehead atoms.